The third-order valence-corrected chi connectivity index (χ3v) is 3.80. The van der Waals surface area contributed by atoms with Crippen molar-refractivity contribution in [2.75, 3.05) is 39.4 Å². The van der Waals surface area contributed by atoms with E-state index in [9.17, 15) is 19.2 Å². The lowest BCUT2D eigenvalue weighted by Gasteiger charge is -2.14. The Labute approximate surface area is 147 Å². The van der Waals surface area contributed by atoms with Gasteiger partial charge in [0.15, 0.2) is 0 Å². The minimum atomic E-state index is -0.348. The highest BCUT2D eigenvalue weighted by Gasteiger charge is 2.20. The van der Waals surface area contributed by atoms with Gasteiger partial charge in [0.1, 0.15) is 13.2 Å². The first-order valence-electron chi connectivity index (χ1n) is 8.48. The molecule has 140 valence electrons. The number of carbonyl (C=O) groups is 4. The predicted octanol–water partition coefficient (Wildman–Crippen LogP) is 0.510. The molecule has 0 aromatic rings. The van der Waals surface area contributed by atoms with Crippen LogP contribution in [0.3, 0.4) is 0 Å². The Morgan fingerprint density at radius 1 is 1.04 bits per heavy atom. The van der Waals surface area contributed by atoms with Gasteiger partial charge in [-0.15, -0.1) is 0 Å². The van der Waals surface area contributed by atoms with Gasteiger partial charge in [0, 0.05) is 32.0 Å². The molecule has 0 atom stereocenters. The maximum atomic E-state index is 11.1. The van der Waals surface area contributed by atoms with E-state index in [0.717, 1.165) is 25.9 Å². The van der Waals surface area contributed by atoms with Gasteiger partial charge in [0.2, 0.25) is 11.8 Å². The van der Waals surface area contributed by atoms with E-state index in [1.807, 2.05) is 0 Å². The first kappa shape index (κ1) is 20.7. The number of carbonyl (C=O) groups excluding carboxylic acids is 4. The number of amides is 2. The van der Waals surface area contributed by atoms with Gasteiger partial charge in [-0.05, 0) is 19.8 Å². The normalized spacial score (nSPS) is 16.8. The average molecular weight is 354 g/mol. The highest BCUT2D eigenvalue weighted by molar-refractivity contribution is 5.82. The van der Waals surface area contributed by atoms with E-state index in [-0.39, 0.29) is 24.4 Å². The zero-order valence-corrected chi connectivity index (χ0v) is 14.6. The summed E-state index contributed by atoms with van der Waals surface area (Å²) in [5.41, 5.74) is 0. The molecule has 2 amide bonds. The van der Waals surface area contributed by atoms with Gasteiger partial charge in [-0.2, -0.15) is 0 Å². The molecule has 0 aromatic carbocycles. The average Bonchev–Trinajstić information content (AvgIpc) is 3.18. The molecule has 8 nitrogen and oxygen atoms in total. The fraction of sp³-hybridized carbons (Fsp3) is 0.647. The van der Waals surface area contributed by atoms with Crippen LogP contribution < -0.4 is 0 Å². The molecule has 0 aromatic heterocycles. The van der Waals surface area contributed by atoms with Gasteiger partial charge in [-0.25, -0.2) is 4.79 Å². The zero-order valence-electron chi connectivity index (χ0n) is 14.6. The number of nitrogens with zero attached hydrogens (tertiary/aromatic N) is 2. The quantitative estimate of drug-likeness (QED) is 0.273. The second-order valence-corrected chi connectivity index (χ2v) is 5.60. The van der Waals surface area contributed by atoms with E-state index in [4.69, 9.17) is 4.74 Å². The molecule has 0 N–H and O–H groups in total. The minimum absolute atomic E-state index is 0.159. The smallest absolute Gasteiger partial charge is 0.330 e. The fourth-order valence-electron chi connectivity index (χ4n) is 2.53. The van der Waals surface area contributed by atoms with Crippen LogP contribution in [0.1, 0.15) is 32.6 Å². The van der Waals surface area contributed by atoms with Crippen molar-refractivity contribution in [2.45, 2.75) is 32.6 Å². The van der Waals surface area contributed by atoms with Crippen LogP contribution in [-0.4, -0.2) is 73.4 Å². The van der Waals surface area contributed by atoms with Crippen molar-refractivity contribution in [2.24, 2.45) is 0 Å². The SMILES string of the molecule is C/C=C\C(=O)OCCN1CCCC1=O.O=COCCN1CCCC1=O. The van der Waals surface area contributed by atoms with E-state index in [1.54, 1.807) is 22.8 Å². The molecule has 0 unspecified atom stereocenters. The summed E-state index contributed by atoms with van der Waals surface area (Å²) in [5.74, 6) is -0.0225. The zero-order chi connectivity index (χ0) is 18.5. The van der Waals surface area contributed by atoms with Gasteiger partial charge in [0.25, 0.3) is 6.47 Å². The molecular weight excluding hydrogens is 328 g/mol. The summed E-state index contributed by atoms with van der Waals surface area (Å²) in [5, 5.41) is 0. The first-order valence-corrected chi connectivity index (χ1v) is 8.48. The Morgan fingerprint density at radius 2 is 1.60 bits per heavy atom. The molecule has 0 aliphatic carbocycles. The summed E-state index contributed by atoms with van der Waals surface area (Å²) in [6.45, 7) is 5.41. The summed E-state index contributed by atoms with van der Waals surface area (Å²) in [7, 11) is 0. The number of esters is 1. The summed E-state index contributed by atoms with van der Waals surface area (Å²) >= 11 is 0. The topological polar surface area (TPSA) is 93.2 Å². The number of allylic oxidation sites excluding steroid dienone is 1. The largest absolute Gasteiger partial charge is 0.466 e. The number of likely N-dealkylation sites (tertiary alicyclic amines) is 2. The van der Waals surface area contributed by atoms with Crippen LogP contribution >= 0.6 is 0 Å². The number of hydrogen-bond acceptors (Lipinski definition) is 6. The van der Waals surface area contributed by atoms with Gasteiger partial charge in [-0.1, -0.05) is 6.08 Å². The second kappa shape index (κ2) is 12.0. The lowest BCUT2D eigenvalue weighted by Crippen LogP contribution is -2.29. The molecule has 0 radical (unpaired) electrons. The Morgan fingerprint density at radius 3 is 2.04 bits per heavy atom. The maximum Gasteiger partial charge on any atom is 0.330 e. The lowest BCUT2D eigenvalue weighted by molar-refractivity contribution is -0.140. The van der Waals surface area contributed by atoms with E-state index < -0.39 is 0 Å². The van der Waals surface area contributed by atoms with Crippen molar-refractivity contribution in [1.29, 1.82) is 0 Å². The molecule has 0 saturated carbocycles. The third kappa shape index (κ3) is 8.32. The molecule has 2 fully saturated rings. The van der Waals surface area contributed by atoms with Crippen molar-refractivity contribution in [3.05, 3.63) is 12.2 Å². The lowest BCUT2D eigenvalue weighted by atomic mass is 10.4. The van der Waals surface area contributed by atoms with Crippen LogP contribution in [0.2, 0.25) is 0 Å². The Hall–Kier alpha value is -2.38. The van der Waals surface area contributed by atoms with E-state index in [1.165, 1.54) is 6.08 Å². The number of ether oxygens (including phenoxy) is 2. The second-order valence-electron chi connectivity index (χ2n) is 5.60. The van der Waals surface area contributed by atoms with Crippen molar-refractivity contribution >= 4 is 24.3 Å². The van der Waals surface area contributed by atoms with Crippen LogP contribution in [0.15, 0.2) is 12.2 Å². The Balaban J connectivity index is 0.000000257. The van der Waals surface area contributed by atoms with E-state index >= 15 is 0 Å². The van der Waals surface area contributed by atoms with Crippen LogP contribution in [0.4, 0.5) is 0 Å². The number of hydrogen-bond donors (Lipinski definition) is 0. The van der Waals surface area contributed by atoms with Crippen LogP contribution in [0.25, 0.3) is 0 Å². The molecule has 2 saturated heterocycles. The van der Waals surface area contributed by atoms with Gasteiger partial charge in [-0.3, -0.25) is 14.4 Å². The molecule has 2 heterocycles. The minimum Gasteiger partial charge on any atom is -0.466 e. The predicted molar refractivity (Wildman–Crippen MR) is 89.4 cm³/mol. The van der Waals surface area contributed by atoms with Gasteiger partial charge in [0.05, 0.1) is 13.1 Å². The summed E-state index contributed by atoms with van der Waals surface area (Å²) < 4.78 is 9.34. The van der Waals surface area contributed by atoms with E-state index in [0.29, 0.717) is 39.0 Å². The van der Waals surface area contributed by atoms with Crippen molar-refractivity contribution in [3.63, 3.8) is 0 Å². The van der Waals surface area contributed by atoms with Gasteiger partial charge >= 0.3 is 5.97 Å². The molecular formula is C17H26N2O6. The highest BCUT2D eigenvalue weighted by Crippen LogP contribution is 2.08. The van der Waals surface area contributed by atoms with Crippen molar-refractivity contribution in [3.8, 4) is 0 Å². The van der Waals surface area contributed by atoms with Crippen LogP contribution in [0.5, 0.6) is 0 Å². The van der Waals surface area contributed by atoms with Gasteiger partial charge < -0.3 is 19.3 Å². The van der Waals surface area contributed by atoms with Crippen molar-refractivity contribution in [1.82, 2.24) is 9.80 Å². The van der Waals surface area contributed by atoms with E-state index in [2.05, 4.69) is 4.74 Å². The summed E-state index contributed by atoms with van der Waals surface area (Å²) in [6, 6.07) is 0. The molecule has 2 aliphatic rings. The first-order chi connectivity index (χ1) is 12.1. The molecule has 0 bridgehead atoms. The molecule has 2 aliphatic heterocycles. The Kier molecular flexibility index (Phi) is 9.96. The standard InChI is InChI=1S/C10H15NO3.C7H11NO3/c1-2-4-10(13)14-8-7-11-6-3-5-9(11)12;9-6-11-5-4-8-3-1-2-7(8)10/h2,4H,3,5-8H2,1H3;6H,1-5H2/b4-2-;. The Bertz CT molecular complexity index is 492. The fourth-order valence-corrected chi connectivity index (χ4v) is 2.53. The molecule has 0 spiro atoms. The third-order valence-electron chi connectivity index (χ3n) is 3.80. The summed E-state index contributed by atoms with van der Waals surface area (Å²) in [4.78, 5) is 46.2. The molecule has 2 rings (SSSR count). The molecule has 8 heteroatoms. The highest BCUT2D eigenvalue weighted by atomic mass is 16.5. The van der Waals surface area contributed by atoms with Crippen LogP contribution in [-0.2, 0) is 28.7 Å². The van der Waals surface area contributed by atoms with Crippen LogP contribution in [0, 0.1) is 0 Å². The monoisotopic (exact) mass is 354 g/mol. The molecule has 25 heavy (non-hydrogen) atoms. The summed E-state index contributed by atoms with van der Waals surface area (Å²) in [6.07, 6.45) is 6.11. The number of rotatable bonds is 8. The van der Waals surface area contributed by atoms with Crippen molar-refractivity contribution < 1.29 is 28.7 Å². The maximum absolute atomic E-state index is 11.1.